The second kappa shape index (κ2) is 5.96. The van der Waals surface area contributed by atoms with Gasteiger partial charge >= 0.3 is 0 Å². The molecule has 0 fully saturated rings. The Labute approximate surface area is 123 Å². The minimum absolute atomic E-state index is 0.551. The molecule has 1 aromatic heterocycles. The second-order valence-corrected chi connectivity index (χ2v) is 4.72. The zero-order valence-corrected chi connectivity index (χ0v) is 12.7. The molecule has 0 aliphatic carbocycles. The summed E-state index contributed by atoms with van der Waals surface area (Å²) in [6.45, 7) is 3.81. The normalized spacial score (nSPS) is 10.2. The summed E-state index contributed by atoms with van der Waals surface area (Å²) in [6, 6.07) is 5.50. The van der Waals surface area contributed by atoms with Crippen LogP contribution in [0.15, 0.2) is 18.2 Å². The molecule has 0 unspecified atom stereocenters. The van der Waals surface area contributed by atoms with E-state index in [0.717, 1.165) is 22.9 Å². The maximum atomic E-state index is 6.12. The lowest BCUT2D eigenvalue weighted by atomic mass is 10.2. The lowest BCUT2D eigenvalue weighted by Gasteiger charge is -2.13. The van der Waals surface area contributed by atoms with Crippen LogP contribution < -0.4 is 15.4 Å². The third kappa shape index (κ3) is 2.93. The molecule has 0 amide bonds. The van der Waals surface area contributed by atoms with Crippen LogP contribution in [0.4, 0.5) is 17.3 Å². The van der Waals surface area contributed by atoms with E-state index in [-0.39, 0.29) is 0 Å². The van der Waals surface area contributed by atoms with Crippen molar-refractivity contribution < 1.29 is 4.74 Å². The highest BCUT2D eigenvalue weighted by atomic mass is 35.5. The van der Waals surface area contributed by atoms with Gasteiger partial charge in [0.05, 0.1) is 12.1 Å². The molecule has 0 bridgehead atoms. The van der Waals surface area contributed by atoms with E-state index in [4.69, 9.17) is 16.3 Å². The molecular formula is C14H17ClN4O. The predicted octanol–water partition coefficient (Wildman–Crippen LogP) is 3.54. The van der Waals surface area contributed by atoms with Crippen molar-refractivity contribution in [3.8, 4) is 5.75 Å². The first-order valence-corrected chi connectivity index (χ1v) is 6.56. The van der Waals surface area contributed by atoms with E-state index >= 15 is 0 Å². The molecule has 0 saturated heterocycles. The number of hydrogen-bond donors (Lipinski definition) is 2. The highest BCUT2D eigenvalue weighted by Crippen LogP contribution is 2.30. The Hall–Kier alpha value is -2.01. The fourth-order valence-corrected chi connectivity index (χ4v) is 2.13. The number of nitrogens with one attached hydrogen (secondary N) is 2. The summed E-state index contributed by atoms with van der Waals surface area (Å²) in [4.78, 5) is 8.74. The SMILES string of the molecule is CNc1nc(C)nc(Nc2ccc(OC)c(Cl)c2)c1C. The molecule has 0 aliphatic heterocycles. The van der Waals surface area contributed by atoms with E-state index in [1.165, 1.54) is 0 Å². The summed E-state index contributed by atoms with van der Waals surface area (Å²) >= 11 is 6.12. The van der Waals surface area contributed by atoms with E-state index in [2.05, 4.69) is 20.6 Å². The van der Waals surface area contributed by atoms with Crippen molar-refractivity contribution in [1.29, 1.82) is 0 Å². The molecule has 0 saturated carbocycles. The van der Waals surface area contributed by atoms with Gasteiger partial charge in [-0.05, 0) is 32.0 Å². The Balaban J connectivity index is 2.34. The first-order valence-electron chi connectivity index (χ1n) is 6.18. The van der Waals surface area contributed by atoms with E-state index in [9.17, 15) is 0 Å². The van der Waals surface area contributed by atoms with Crippen LogP contribution in [0.2, 0.25) is 5.02 Å². The summed E-state index contributed by atoms with van der Waals surface area (Å²) < 4.78 is 5.13. The molecule has 1 heterocycles. The maximum absolute atomic E-state index is 6.12. The Morgan fingerprint density at radius 1 is 1.15 bits per heavy atom. The molecule has 0 radical (unpaired) electrons. The number of aromatic nitrogens is 2. The van der Waals surface area contributed by atoms with Gasteiger partial charge in [0.2, 0.25) is 0 Å². The van der Waals surface area contributed by atoms with Crippen molar-refractivity contribution in [1.82, 2.24) is 9.97 Å². The van der Waals surface area contributed by atoms with Crippen LogP contribution in [0.1, 0.15) is 11.4 Å². The van der Waals surface area contributed by atoms with Crippen molar-refractivity contribution in [2.75, 3.05) is 24.8 Å². The standard InChI is InChI=1S/C14H17ClN4O/c1-8-13(16-3)17-9(2)18-14(8)19-10-5-6-12(20-4)11(15)7-10/h5-7H,1-4H3,(H2,16,17,18,19). The quantitative estimate of drug-likeness (QED) is 0.902. The Kier molecular flexibility index (Phi) is 4.29. The zero-order chi connectivity index (χ0) is 14.7. The fourth-order valence-electron chi connectivity index (χ4n) is 1.87. The summed E-state index contributed by atoms with van der Waals surface area (Å²) in [5.74, 6) is 2.90. The Morgan fingerprint density at radius 2 is 1.85 bits per heavy atom. The second-order valence-electron chi connectivity index (χ2n) is 4.32. The van der Waals surface area contributed by atoms with Gasteiger partial charge < -0.3 is 15.4 Å². The first kappa shape index (κ1) is 14.4. The largest absolute Gasteiger partial charge is 0.495 e. The third-order valence-electron chi connectivity index (χ3n) is 2.91. The van der Waals surface area contributed by atoms with Crippen molar-refractivity contribution >= 4 is 28.9 Å². The minimum Gasteiger partial charge on any atom is -0.495 e. The van der Waals surface area contributed by atoms with E-state index in [1.54, 1.807) is 13.2 Å². The van der Waals surface area contributed by atoms with Gasteiger partial charge in [-0.3, -0.25) is 0 Å². The number of hydrogen-bond acceptors (Lipinski definition) is 5. The molecule has 2 N–H and O–H groups in total. The van der Waals surface area contributed by atoms with Gasteiger partial charge in [0.1, 0.15) is 23.2 Å². The first-order chi connectivity index (χ1) is 9.55. The third-order valence-corrected chi connectivity index (χ3v) is 3.20. The lowest BCUT2D eigenvalue weighted by molar-refractivity contribution is 0.415. The lowest BCUT2D eigenvalue weighted by Crippen LogP contribution is -2.05. The summed E-state index contributed by atoms with van der Waals surface area (Å²) in [6.07, 6.45) is 0. The van der Waals surface area contributed by atoms with Gasteiger partial charge in [-0.25, -0.2) is 9.97 Å². The molecule has 1 aromatic carbocycles. The Morgan fingerprint density at radius 3 is 2.45 bits per heavy atom. The number of anilines is 3. The van der Waals surface area contributed by atoms with Gasteiger partial charge in [0.15, 0.2) is 0 Å². The van der Waals surface area contributed by atoms with Crippen molar-refractivity contribution in [3.63, 3.8) is 0 Å². The van der Waals surface area contributed by atoms with Gasteiger partial charge in [-0.1, -0.05) is 11.6 Å². The van der Waals surface area contributed by atoms with Crippen LogP contribution in [-0.2, 0) is 0 Å². The molecule has 5 nitrogen and oxygen atoms in total. The molecule has 20 heavy (non-hydrogen) atoms. The van der Waals surface area contributed by atoms with E-state index in [1.807, 2.05) is 33.0 Å². The topological polar surface area (TPSA) is 59.1 Å². The summed E-state index contributed by atoms with van der Waals surface area (Å²) in [5, 5.41) is 6.85. The Bertz CT molecular complexity index is 631. The summed E-state index contributed by atoms with van der Waals surface area (Å²) in [7, 11) is 3.42. The number of rotatable bonds is 4. The van der Waals surface area contributed by atoms with Crippen molar-refractivity contribution in [2.45, 2.75) is 13.8 Å². The monoisotopic (exact) mass is 292 g/mol. The van der Waals surface area contributed by atoms with Gasteiger partial charge in [-0.15, -0.1) is 0 Å². The van der Waals surface area contributed by atoms with Crippen molar-refractivity contribution in [3.05, 3.63) is 34.6 Å². The van der Waals surface area contributed by atoms with Crippen molar-refractivity contribution in [2.24, 2.45) is 0 Å². The number of methoxy groups -OCH3 is 1. The van der Waals surface area contributed by atoms with Gasteiger partial charge in [-0.2, -0.15) is 0 Å². The highest BCUT2D eigenvalue weighted by molar-refractivity contribution is 6.32. The fraction of sp³-hybridized carbons (Fsp3) is 0.286. The number of aryl methyl sites for hydroxylation is 1. The molecular weight excluding hydrogens is 276 g/mol. The maximum Gasteiger partial charge on any atom is 0.139 e. The van der Waals surface area contributed by atoms with Crippen LogP contribution >= 0.6 is 11.6 Å². The predicted molar refractivity (Wildman–Crippen MR) is 82.3 cm³/mol. The van der Waals surface area contributed by atoms with Gasteiger partial charge in [0.25, 0.3) is 0 Å². The van der Waals surface area contributed by atoms with Crippen LogP contribution in [0, 0.1) is 13.8 Å². The highest BCUT2D eigenvalue weighted by Gasteiger charge is 2.09. The number of halogens is 1. The summed E-state index contributed by atoms with van der Waals surface area (Å²) in [5.41, 5.74) is 1.80. The number of benzene rings is 1. The van der Waals surface area contributed by atoms with E-state index < -0.39 is 0 Å². The number of ether oxygens (including phenoxy) is 1. The van der Waals surface area contributed by atoms with Gasteiger partial charge in [0, 0.05) is 18.3 Å². The number of nitrogens with zero attached hydrogens (tertiary/aromatic N) is 2. The van der Waals surface area contributed by atoms with Crippen LogP contribution in [-0.4, -0.2) is 24.1 Å². The molecule has 106 valence electrons. The van der Waals surface area contributed by atoms with Crippen LogP contribution in [0.5, 0.6) is 5.75 Å². The molecule has 0 aliphatic rings. The van der Waals surface area contributed by atoms with Crippen LogP contribution in [0.25, 0.3) is 0 Å². The average Bonchev–Trinajstić information content (AvgIpc) is 2.42. The zero-order valence-electron chi connectivity index (χ0n) is 11.9. The van der Waals surface area contributed by atoms with Crippen LogP contribution in [0.3, 0.4) is 0 Å². The minimum atomic E-state index is 0.551. The molecule has 0 atom stereocenters. The molecule has 2 aromatic rings. The molecule has 2 rings (SSSR count). The smallest absolute Gasteiger partial charge is 0.139 e. The molecule has 6 heteroatoms. The average molecular weight is 293 g/mol. The van der Waals surface area contributed by atoms with E-state index in [0.29, 0.717) is 16.6 Å². The molecule has 0 spiro atoms.